The molecule has 0 aliphatic carbocycles. The van der Waals surface area contributed by atoms with Gasteiger partial charge in [-0.1, -0.05) is 28.4 Å². The normalized spacial score (nSPS) is 15.0. The van der Waals surface area contributed by atoms with Crippen LogP contribution >= 0.6 is 35.4 Å². The average Bonchev–Trinajstić information content (AvgIpc) is 3.28. The molecule has 1 aliphatic heterocycles. The Bertz CT molecular complexity index is 1710. The summed E-state index contributed by atoms with van der Waals surface area (Å²) in [7, 11) is 1.36. The van der Waals surface area contributed by atoms with Gasteiger partial charge in [0.05, 0.1) is 27.7 Å². The van der Waals surface area contributed by atoms with Gasteiger partial charge in [-0.25, -0.2) is 4.79 Å². The van der Waals surface area contributed by atoms with Crippen LogP contribution in [0.3, 0.4) is 0 Å². The molecule has 1 atom stereocenters. The van der Waals surface area contributed by atoms with E-state index in [-0.39, 0.29) is 39.7 Å². The van der Waals surface area contributed by atoms with Gasteiger partial charge >= 0.3 is 6.09 Å². The van der Waals surface area contributed by atoms with Crippen molar-refractivity contribution in [3.05, 3.63) is 78.4 Å². The Morgan fingerprint density at radius 3 is 2.68 bits per heavy atom. The van der Waals surface area contributed by atoms with E-state index in [1.165, 1.54) is 17.7 Å². The molecule has 190 valence electrons. The SMILES string of the molecule is CC1Cc2c([nH]c(=S)n(-c3ccc4c(N(C)C(=O)O)noc4c3)c2=O)CN1C(=O)c1ccc(Cl)c(Cl)c1. The number of H-pyrrole nitrogens is 1. The van der Waals surface area contributed by atoms with E-state index < -0.39 is 6.09 Å². The second-order valence-corrected chi connectivity index (χ2v) is 9.87. The fourth-order valence-electron chi connectivity index (χ4n) is 4.38. The molecule has 0 radical (unpaired) electrons. The fraction of sp³-hybridized carbons (Fsp3) is 0.208. The lowest BCUT2D eigenvalue weighted by molar-refractivity contribution is 0.0653. The van der Waals surface area contributed by atoms with Crippen LogP contribution in [-0.4, -0.2) is 49.8 Å². The molecule has 4 aromatic rings. The third-order valence-electron chi connectivity index (χ3n) is 6.37. The van der Waals surface area contributed by atoms with Crippen molar-refractivity contribution in [1.82, 2.24) is 19.6 Å². The number of amides is 2. The molecule has 10 nitrogen and oxygen atoms in total. The first-order valence-corrected chi connectivity index (χ1v) is 12.2. The Morgan fingerprint density at radius 2 is 1.97 bits per heavy atom. The molecule has 0 saturated heterocycles. The van der Waals surface area contributed by atoms with E-state index in [9.17, 15) is 19.5 Å². The van der Waals surface area contributed by atoms with Crippen LogP contribution in [0.4, 0.5) is 10.6 Å². The average molecular weight is 560 g/mol. The van der Waals surface area contributed by atoms with E-state index in [0.717, 1.165) is 4.90 Å². The Kier molecular flexibility index (Phi) is 6.30. The molecule has 0 fully saturated rings. The molecule has 37 heavy (non-hydrogen) atoms. The smallest absolute Gasteiger partial charge is 0.412 e. The largest absolute Gasteiger partial charge is 0.465 e. The minimum Gasteiger partial charge on any atom is -0.465 e. The third-order valence-corrected chi connectivity index (χ3v) is 7.40. The highest BCUT2D eigenvalue weighted by Crippen LogP contribution is 2.29. The summed E-state index contributed by atoms with van der Waals surface area (Å²) in [6.45, 7) is 2.03. The number of nitrogens with one attached hydrogen (secondary N) is 1. The maximum atomic E-state index is 13.6. The van der Waals surface area contributed by atoms with Crippen molar-refractivity contribution < 1.29 is 19.2 Å². The predicted molar refractivity (Wildman–Crippen MR) is 141 cm³/mol. The summed E-state index contributed by atoms with van der Waals surface area (Å²) in [5, 5.41) is 14.2. The number of hydrogen-bond donors (Lipinski definition) is 2. The molecule has 2 aromatic carbocycles. The fourth-order valence-corrected chi connectivity index (χ4v) is 4.99. The van der Waals surface area contributed by atoms with Crippen LogP contribution in [0.5, 0.6) is 0 Å². The third kappa shape index (κ3) is 4.28. The van der Waals surface area contributed by atoms with E-state index in [2.05, 4.69) is 10.1 Å². The molecule has 2 N–H and O–H groups in total. The standard InChI is InChI=1S/C24H19Cl2N5O5S/c1-11-7-15-18(10-30(11)21(32)12-3-6-16(25)17(26)8-12)27-23(37)31(22(15)33)13-4-5-14-19(9-13)36-28-20(14)29(2)24(34)35/h3-6,8-9,11H,7,10H2,1-2H3,(H,27,37)(H,34,35). The van der Waals surface area contributed by atoms with Crippen LogP contribution in [0.15, 0.2) is 45.7 Å². The monoisotopic (exact) mass is 559 g/mol. The molecule has 2 amide bonds. The first kappa shape index (κ1) is 25.0. The highest BCUT2D eigenvalue weighted by molar-refractivity contribution is 7.71. The van der Waals surface area contributed by atoms with Crippen LogP contribution in [0.25, 0.3) is 16.7 Å². The Balaban J connectivity index is 1.51. The van der Waals surface area contributed by atoms with E-state index in [4.69, 9.17) is 39.9 Å². The van der Waals surface area contributed by atoms with Crippen molar-refractivity contribution in [3.63, 3.8) is 0 Å². The second kappa shape index (κ2) is 9.33. The zero-order valence-electron chi connectivity index (χ0n) is 19.5. The molecule has 1 aliphatic rings. The summed E-state index contributed by atoms with van der Waals surface area (Å²) in [6.07, 6.45) is -0.876. The van der Waals surface area contributed by atoms with Gasteiger partial charge in [0.1, 0.15) is 0 Å². The number of carbonyl (C=O) groups excluding carboxylic acids is 1. The van der Waals surface area contributed by atoms with E-state index in [1.54, 1.807) is 35.2 Å². The first-order chi connectivity index (χ1) is 17.6. The number of benzene rings is 2. The van der Waals surface area contributed by atoms with Crippen molar-refractivity contribution >= 4 is 64.2 Å². The number of nitrogens with zero attached hydrogens (tertiary/aromatic N) is 4. The maximum Gasteiger partial charge on any atom is 0.412 e. The molecule has 1 unspecified atom stereocenters. The Hall–Kier alpha value is -3.67. The van der Waals surface area contributed by atoms with E-state index >= 15 is 0 Å². The molecule has 13 heteroatoms. The lowest BCUT2D eigenvalue weighted by Crippen LogP contribution is -2.45. The molecule has 0 saturated carbocycles. The van der Waals surface area contributed by atoms with Crippen molar-refractivity contribution in [3.8, 4) is 5.69 Å². The van der Waals surface area contributed by atoms with Gasteiger partial charge < -0.3 is 19.5 Å². The first-order valence-electron chi connectivity index (χ1n) is 11.1. The summed E-state index contributed by atoms with van der Waals surface area (Å²) in [6, 6.07) is 9.27. The number of aromatic amines is 1. The number of carbonyl (C=O) groups is 2. The predicted octanol–water partition coefficient (Wildman–Crippen LogP) is 5.04. The molecule has 3 heterocycles. The minimum atomic E-state index is -1.19. The zero-order chi connectivity index (χ0) is 26.6. The zero-order valence-corrected chi connectivity index (χ0v) is 21.8. The lowest BCUT2D eigenvalue weighted by Gasteiger charge is -2.34. The number of aromatic nitrogens is 3. The number of carboxylic acid groups (broad SMARTS) is 1. The van der Waals surface area contributed by atoms with Gasteiger partial charge in [0.2, 0.25) is 0 Å². The van der Waals surface area contributed by atoms with Gasteiger partial charge in [0, 0.05) is 36.0 Å². The minimum absolute atomic E-state index is 0.137. The van der Waals surface area contributed by atoms with Gasteiger partial charge in [0.15, 0.2) is 16.2 Å². The van der Waals surface area contributed by atoms with Gasteiger partial charge in [0.25, 0.3) is 11.5 Å². The van der Waals surface area contributed by atoms with Crippen LogP contribution in [-0.2, 0) is 13.0 Å². The molecular weight excluding hydrogens is 541 g/mol. The Morgan fingerprint density at radius 1 is 1.22 bits per heavy atom. The highest BCUT2D eigenvalue weighted by atomic mass is 35.5. The number of rotatable bonds is 3. The summed E-state index contributed by atoms with van der Waals surface area (Å²) in [4.78, 5) is 43.8. The topological polar surface area (TPSA) is 125 Å². The summed E-state index contributed by atoms with van der Waals surface area (Å²) in [5.74, 6) is -0.101. The van der Waals surface area contributed by atoms with Crippen LogP contribution in [0.1, 0.15) is 28.5 Å². The van der Waals surface area contributed by atoms with Crippen molar-refractivity contribution in [2.24, 2.45) is 0 Å². The van der Waals surface area contributed by atoms with E-state index in [1.807, 2.05) is 6.92 Å². The molecular formula is C24H19Cl2N5O5S. The van der Waals surface area contributed by atoms with Crippen molar-refractivity contribution in [2.75, 3.05) is 11.9 Å². The molecule has 5 rings (SSSR count). The quantitative estimate of drug-likeness (QED) is 0.336. The maximum absolute atomic E-state index is 13.6. The second-order valence-electron chi connectivity index (χ2n) is 8.67. The van der Waals surface area contributed by atoms with Crippen molar-refractivity contribution in [2.45, 2.75) is 25.9 Å². The van der Waals surface area contributed by atoms with Gasteiger partial charge in [-0.15, -0.1) is 0 Å². The Labute approximate surface area is 224 Å². The number of halogens is 2. The number of anilines is 1. The van der Waals surface area contributed by atoms with E-state index in [0.29, 0.717) is 44.9 Å². The van der Waals surface area contributed by atoms with Crippen LogP contribution < -0.4 is 10.5 Å². The summed E-state index contributed by atoms with van der Waals surface area (Å²) in [5.41, 5.74) is 1.89. The lowest BCUT2D eigenvalue weighted by atomic mass is 9.98. The molecule has 2 aromatic heterocycles. The molecule has 0 spiro atoms. The van der Waals surface area contributed by atoms with Gasteiger partial charge in [-0.2, -0.15) is 0 Å². The van der Waals surface area contributed by atoms with Gasteiger partial charge in [-0.3, -0.25) is 19.1 Å². The summed E-state index contributed by atoms with van der Waals surface area (Å²) < 4.78 is 6.80. The number of fused-ring (bicyclic) bond motifs is 2. The number of hydrogen-bond acceptors (Lipinski definition) is 6. The summed E-state index contributed by atoms with van der Waals surface area (Å²) >= 11 is 17.6. The van der Waals surface area contributed by atoms with Crippen molar-refractivity contribution in [1.29, 1.82) is 0 Å². The van der Waals surface area contributed by atoms with Crippen LogP contribution in [0.2, 0.25) is 10.0 Å². The van der Waals surface area contributed by atoms with Gasteiger partial charge in [-0.05, 0) is 55.9 Å². The van der Waals surface area contributed by atoms with Crippen LogP contribution in [0, 0.1) is 4.77 Å². The molecule has 0 bridgehead atoms. The highest BCUT2D eigenvalue weighted by Gasteiger charge is 2.31.